The van der Waals surface area contributed by atoms with Crippen LogP contribution in [0.1, 0.15) is 36.8 Å². The quantitative estimate of drug-likeness (QED) is 0.501. The van der Waals surface area contributed by atoms with Gasteiger partial charge in [0.1, 0.15) is 0 Å². The molecule has 154 valence electrons. The molecule has 0 unspecified atom stereocenters. The lowest BCUT2D eigenvalue weighted by molar-refractivity contribution is -0.386. The number of aromatic amines is 1. The predicted molar refractivity (Wildman–Crippen MR) is 126 cm³/mol. The number of fused-ring (bicyclic) bond motifs is 1. The highest BCUT2D eigenvalue weighted by atomic mass is 16.1. The summed E-state index contributed by atoms with van der Waals surface area (Å²) in [6.07, 6.45) is 8.64. The summed E-state index contributed by atoms with van der Waals surface area (Å²) in [5.74, 6) is 0. The molecule has 4 N–H and O–H groups in total. The van der Waals surface area contributed by atoms with Crippen LogP contribution in [0.25, 0.3) is 38.9 Å². The van der Waals surface area contributed by atoms with Crippen molar-refractivity contribution in [2.75, 3.05) is 0 Å². The smallest absolute Gasteiger partial charge is 0.257 e. The minimum absolute atomic E-state index is 0.0983. The summed E-state index contributed by atoms with van der Waals surface area (Å²) in [7, 11) is 0. The fraction of sp³-hybridized carbons (Fsp3) is 0.185. The summed E-state index contributed by atoms with van der Waals surface area (Å²) in [5, 5.41) is 0.640. The van der Waals surface area contributed by atoms with E-state index in [2.05, 4.69) is 53.2 Å². The molecule has 1 aliphatic carbocycles. The summed E-state index contributed by atoms with van der Waals surface area (Å²) in [4.78, 5) is 20.9. The summed E-state index contributed by atoms with van der Waals surface area (Å²) >= 11 is 0. The van der Waals surface area contributed by atoms with Gasteiger partial charge < -0.3 is 10.7 Å². The number of rotatable bonds is 4. The number of benzene rings is 2. The van der Waals surface area contributed by atoms with E-state index in [1.54, 1.807) is 0 Å². The van der Waals surface area contributed by atoms with E-state index in [9.17, 15) is 4.79 Å². The highest BCUT2D eigenvalue weighted by molar-refractivity contribution is 5.96. The second kappa shape index (κ2) is 8.32. The fourth-order valence-corrected chi connectivity index (χ4v) is 4.39. The number of hydrogen-bond donors (Lipinski definition) is 2. The van der Waals surface area contributed by atoms with E-state index in [1.165, 1.54) is 24.0 Å². The van der Waals surface area contributed by atoms with Crippen LogP contribution >= 0.6 is 0 Å². The molecule has 31 heavy (non-hydrogen) atoms. The lowest BCUT2D eigenvalue weighted by Crippen LogP contribution is -2.47. The van der Waals surface area contributed by atoms with Crippen LogP contribution in [0.15, 0.2) is 77.7 Å². The Kier molecular flexibility index (Phi) is 5.23. The Hall–Kier alpha value is -3.50. The molecular formula is C27H26N3O+. The number of nitrogens with one attached hydrogen (secondary N) is 1. The van der Waals surface area contributed by atoms with E-state index in [0.29, 0.717) is 5.39 Å². The van der Waals surface area contributed by atoms with E-state index >= 15 is 0 Å². The van der Waals surface area contributed by atoms with Gasteiger partial charge in [-0.3, -0.25) is 4.79 Å². The number of aromatic nitrogens is 2. The van der Waals surface area contributed by atoms with Crippen LogP contribution in [0, 0.1) is 0 Å². The van der Waals surface area contributed by atoms with Crippen molar-refractivity contribution in [1.82, 2.24) is 9.97 Å². The van der Waals surface area contributed by atoms with Crippen LogP contribution in [0.4, 0.5) is 0 Å². The topological polar surface area (TPSA) is 73.4 Å². The zero-order valence-electron chi connectivity index (χ0n) is 17.5. The first-order chi connectivity index (χ1) is 15.2. The highest BCUT2D eigenvalue weighted by Crippen LogP contribution is 2.36. The largest absolute Gasteiger partial charge is 0.354 e. The second-order valence-electron chi connectivity index (χ2n) is 8.10. The summed E-state index contributed by atoms with van der Waals surface area (Å²) < 4.78 is 0. The molecule has 0 bridgehead atoms. The van der Waals surface area contributed by atoms with Crippen LogP contribution in [0.2, 0.25) is 0 Å². The van der Waals surface area contributed by atoms with Gasteiger partial charge in [0, 0.05) is 28.5 Å². The van der Waals surface area contributed by atoms with Crippen LogP contribution in [-0.2, 0) is 6.54 Å². The van der Waals surface area contributed by atoms with Crippen molar-refractivity contribution in [2.24, 2.45) is 0 Å². The zero-order valence-corrected chi connectivity index (χ0v) is 17.5. The molecule has 0 spiro atoms. The van der Waals surface area contributed by atoms with Crippen molar-refractivity contribution in [1.29, 1.82) is 0 Å². The van der Waals surface area contributed by atoms with Gasteiger partial charge in [0.2, 0.25) is 0 Å². The zero-order chi connectivity index (χ0) is 21.2. The normalized spacial score (nSPS) is 13.9. The standard InChI is InChI=1S/C27H25N3O/c28-16-18-11-13-21(14-12-18)25-22(19-7-3-1-4-8-19)15-23-26(30-25)24(17-29-27(23)31)20-9-5-2-6-10-20/h1,3-4,7-9,11-15,17H,2,5-6,10,16,28H2,(H,29,31)/p+1. The number of nitrogens with zero attached hydrogens (tertiary/aromatic N) is 1. The van der Waals surface area contributed by atoms with Crippen molar-refractivity contribution < 1.29 is 5.73 Å². The molecule has 2 heterocycles. The van der Waals surface area contributed by atoms with E-state index < -0.39 is 0 Å². The third-order valence-electron chi connectivity index (χ3n) is 6.11. The van der Waals surface area contributed by atoms with Gasteiger partial charge in [-0.25, -0.2) is 4.98 Å². The van der Waals surface area contributed by atoms with E-state index in [4.69, 9.17) is 4.98 Å². The third kappa shape index (κ3) is 3.71. The Balaban J connectivity index is 1.81. The minimum atomic E-state index is -0.0983. The molecular weight excluding hydrogens is 382 g/mol. The van der Waals surface area contributed by atoms with Crippen LogP contribution < -0.4 is 11.3 Å². The number of H-pyrrole nitrogens is 1. The molecule has 1 aliphatic rings. The second-order valence-corrected chi connectivity index (χ2v) is 8.10. The fourth-order valence-electron chi connectivity index (χ4n) is 4.39. The van der Waals surface area contributed by atoms with Gasteiger partial charge in [-0.1, -0.05) is 60.7 Å². The maximum atomic E-state index is 12.8. The Labute approximate surface area is 181 Å². The van der Waals surface area contributed by atoms with Gasteiger partial charge in [0.25, 0.3) is 5.56 Å². The van der Waals surface area contributed by atoms with E-state index in [0.717, 1.165) is 52.9 Å². The maximum Gasteiger partial charge on any atom is 0.257 e. The Morgan fingerprint density at radius 1 is 0.935 bits per heavy atom. The minimum Gasteiger partial charge on any atom is -0.354 e. The SMILES string of the molecule is [NH3+]Cc1ccc(-c2nc3c(C4=CCCCC4)c[nH]c(=O)c3cc2-c2ccccc2)cc1. The third-order valence-corrected chi connectivity index (χ3v) is 6.11. The highest BCUT2D eigenvalue weighted by Gasteiger charge is 2.17. The van der Waals surface area contributed by atoms with Crippen molar-refractivity contribution in [2.45, 2.75) is 32.2 Å². The Morgan fingerprint density at radius 2 is 1.74 bits per heavy atom. The average molecular weight is 409 g/mol. The Bertz CT molecular complexity index is 1320. The average Bonchev–Trinajstić information content (AvgIpc) is 2.85. The van der Waals surface area contributed by atoms with Gasteiger partial charge in [-0.2, -0.15) is 0 Å². The van der Waals surface area contributed by atoms with Crippen LogP contribution in [-0.4, -0.2) is 9.97 Å². The lowest BCUT2D eigenvalue weighted by Gasteiger charge is -2.17. The first-order valence-electron chi connectivity index (χ1n) is 10.9. The first-order valence-corrected chi connectivity index (χ1v) is 10.9. The monoisotopic (exact) mass is 408 g/mol. The first kappa shape index (κ1) is 19.5. The van der Waals surface area contributed by atoms with Gasteiger partial charge >= 0.3 is 0 Å². The van der Waals surface area contributed by atoms with Gasteiger partial charge in [-0.05, 0) is 42.9 Å². The molecule has 4 heteroatoms. The van der Waals surface area contributed by atoms with Gasteiger partial charge in [0.15, 0.2) is 0 Å². The molecule has 0 radical (unpaired) electrons. The molecule has 4 aromatic rings. The molecule has 0 amide bonds. The van der Waals surface area contributed by atoms with Crippen LogP contribution in [0.3, 0.4) is 0 Å². The van der Waals surface area contributed by atoms with E-state index in [-0.39, 0.29) is 5.56 Å². The Morgan fingerprint density at radius 3 is 2.45 bits per heavy atom. The molecule has 0 saturated heterocycles. The van der Waals surface area contributed by atoms with Gasteiger partial charge in [-0.15, -0.1) is 0 Å². The van der Waals surface area contributed by atoms with Gasteiger partial charge in [0.05, 0.1) is 23.1 Å². The molecule has 0 saturated carbocycles. The molecule has 0 atom stereocenters. The molecule has 2 aromatic carbocycles. The van der Waals surface area contributed by atoms with Crippen molar-refractivity contribution in [3.63, 3.8) is 0 Å². The number of hydrogen-bond acceptors (Lipinski definition) is 2. The summed E-state index contributed by atoms with van der Waals surface area (Å²) in [6, 6.07) is 20.6. The van der Waals surface area contributed by atoms with E-state index in [1.807, 2.05) is 30.5 Å². The molecule has 0 aliphatic heterocycles. The summed E-state index contributed by atoms with van der Waals surface area (Å²) in [6.45, 7) is 0.755. The molecule has 4 nitrogen and oxygen atoms in total. The number of allylic oxidation sites excluding steroid dienone is 2. The predicted octanol–water partition coefficient (Wildman–Crippen LogP) is 4.96. The lowest BCUT2D eigenvalue weighted by atomic mass is 9.92. The number of pyridine rings is 2. The number of quaternary nitrogens is 1. The van der Waals surface area contributed by atoms with Crippen LogP contribution in [0.5, 0.6) is 0 Å². The maximum absolute atomic E-state index is 12.8. The summed E-state index contributed by atoms with van der Waals surface area (Å²) in [5.41, 5.74) is 12.1. The molecule has 5 rings (SSSR count). The van der Waals surface area contributed by atoms with Crippen molar-refractivity contribution in [3.05, 3.63) is 94.4 Å². The molecule has 0 fully saturated rings. The molecule has 2 aromatic heterocycles. The van der Waals surface area contributed by atoms with Crippen molar-refractivity contribution in [3.8, 4) is 22.4 Å². The van der Waals surface area contributed by atoms with Crippen molar-refractivity contribution >= 4 is 16.5 Å².